The van der Waals surface area contributed by atoms with Gasteiger partial charge >= 0.3 is 0 Å². The van der Waals surface area contributed by atoms with E-state index in [9.17, 15) is 17.6 Å². The Bertz CT molecular complexity index is 802. The second-order valence-corrected chi connectivity index (χ2v) is 6.98. The summed E-state index contributed by atoms with van der Waals surface area (Å²) in [5.74, 6) is -0.902. The lowest BCUT2D eigenvalue weighted by Gasteiger charge is -2.10. The number of hydrogen-bond acceptors (Lipinski definition) is 3. The number of carbonyl (C=O) groups excluding carboxylic acids is 1. The SMILES string of the molecule is CC(C)NS(=O)(=O)c1ccc(C(=O)Nc2cccc(F)c2)cc1. The minimum absolute atomic E-state index is 0.0773. The topological polar surface area (TPSA) is 75.3 Å². The summed E-state index contributed by atoms with van der Waals surface area (Å²) in [5.41, 5.74) is 0.603. The van der Waals surface area contributed by atoms with Crippen LogP contribution in [-0.2, 0) is 10.0 Å². The maximum absolute atomic E-state index is 13.1. The fourth-order valence-electron chi connectivity index (χ4n) is 1.93. The van der Waals surface area contributed by atoms with Gasteiger partial charge in [0.15, 0.2) is 0 Å². The maximum atomic E-state index is 13.1. The predicted molar refractivity (Wildman–Crippen MR) is 86.3 cm³/mol. The number of carbonyl (C=O) groups is 1. The number of amides is 1. The molecular weight excluding hydrogens is 319 g/mol. The highest BCUT2D eigenvalue weighted by Gasteiger charge is 2.16. The maximum Gasteiger partial charge on any atom is 0.255 e. The van der Waals surface area contributed by atoms with E-state index in [4.69, 9.17) is 0 Å². The zero-order valence-corrected chi connectivity index (χ0v) is 13.5. The molecule has 0 spiro atoms. The quantitative estimate of drug-likeness (QED) is 0.881. The lowest BCUT2D eigenvalue weighted by atomic mass is 10.2. The van der Waals surface area contributed by atoms with Crippen LogP contribution < -0.4 is 10.0 Å². The van der Waals surface area contributed by atoms with Crippen molar-refractivity contribution in [3.63, 3.8) is 0 Å². The second kappa shape index (κ2) is 6.89. The lowest BCUT2D eigenvalue weighted by Crippen LogP contribution is -2.30. The van der Waals surface area contributed by atoms with E-state index in [1.807, 2.05) is 0 Å². The number of nitrogens with one attached hydrogen (secondary N) is 2. The van der Waals surface area contributed by atoms with Crippen molar-refractivity contribution in [1.82, 2.24) is 4.72 Å². The molecule has 0 unspecified atom stereocenters. The lowest BCUT2D eigenvalue weighted by molar-refractivity contribution is 0.102. The van der Waals surface area contributed by atoms with E-state index in [1.165, 1.54) is 42.5 Å². The number of rotatable bonds is 5. The van der Waals surface area contributed by atoms with Crippen molar-refractivity contribution in [2.75, 3.05) is 5.32 Å². The summed E-state index contributed by atoms with van der Waals surface area (Å²) in [6.45, 7) is 3.44. The van der Waals surface area contributed by atoms with E-state index >= 15 is 0 Å². The summed E-state index contributed by atoms with van der Waals surface area (Å²) >= 11 is 0. The van der Waals surface area contributed by atoms with Crippen molar-refractivity contribution >= 4 is 21.6 Å². The molecule has 5 nitrogen and oxygen atoms in total. The molecule has 0 atom stereocenters. The fraction of sp³-hybridized carbons (Fsp3) is 0.188. The Morgan fingerprint density at radius 2 is 1.74 bits per heavy atom. The predicted octanol–water partition coefficient (Wildman–Crippen LogP) is 2.76. The summed E-state index contributed by atoms with van der Waals surface area (Å²) < 4.78 is 39.5. The van der Waals surface area contributed by atoms with E-state index in [-0.39, 0.29) is 16.5 Å². The number of benzene rings is 2. The van der Waals surface area contributed by atoms with E-state index in [0.29, 0.717) is 5.69 Å². The molecule has 2 rings (SSSR count). The molecule has 0 bridgehead atoms. The Morgan fingerprint density at radius 1 is 1.09 bits per heavy atom. The standard InChI is InChI=1S/C16H17FN2O3S/c1-11(2)19-23(21,22)15-8-6-12(7-9-15)16(20)18-14-5-3-4-13(17)10-14/h3-11,19H,1-2H3,(H,18,20). The third-order valence-electron chi connectivity index (χ3n) is 2.90. The van der Waals surface area contributed by atoms with Gasteiger partial charge in [-0.25, -0.2) is 17.5 Å². The third kappa shape index (κ3) is 4.61. The number of anilines is 1. The molecule has 1 amide bonds. The Balaban J connectivity index is 2.14. The van der Waals surface area contributed by atoms with E-state index in [1.54, 1.807) is 19.9 Å². The van der Waals surface area contributed by atoms with Crippen molar-refractivity contribution in [2.24, 2.45) is 0 Å². The molecule has 122 valence electrons. The first-order valence-electron chi connectivity index (χ1n) is 6.97. The fourth-order valence-corrected chi connectivity index (χ4v) is 3.18. The highest BCUT2D eigenvalue weighted by molar-refractivity contribution is 7.89. The highest BCUT2D eigenvalue weighted by atomic mass is 32.2. The zero-order valence-electron chi connectivity index (χ0n) is 12.7. The average molecular weight is 336 g/mol. The third-order valence-corrected chi connectivity index (χ3v) is 4.57. The van der Waals surface area contributed by atoms with Crippen LogP contribution in [0.4, 0.5) is 10.1 Å². The van der Waals surface area contributed by atoms with Crippen molar-refractivity contribution < 1.29 is 17.6 Å². The van der Waals surface area contributed by atoms with Crippen molar-refractivity contribution in [3.8, 4) is 0 Å². The average Bonchev–Trinajstić information content (AvgIpc) is 2.46. The molecule has 0 aliphatic rings. The van der Waals surface area contributed by atoms with Crippen LogP contribution in [0.25, 0.3) is 0 Å². The van der Waals surface area contributed by atoms with Gasteiger partial charge in [0.05, 0.1) is 4.90 Å². The van der Waals surface area contributed by atoms with Gasteiger partial charge in [-0.05, 0) is 56.3 Å². The summed E-state index contributed by atoms with van der Waals surface area (Å²) in [6.07, 6.45) is 0. The Labute approximate surface area is 134 Å². The molecule has 0 aliphatic heterocycles. The Hall–Kier alpha value is -2.25. The molecule has 0 aliphatic carbocycles. The molecular formula is C16H17FN2O3S. The van der Waals surface area contributed by atoms with Gasteiger partial charge in [0.25, 0.3) is 5.91 Å². The van der Waals surface area contributed by atoms with Gasteiger partial charge in [-0.1, -0.05) is 6.07 Å². The molecule has 23 heavy (non-hydrogen) atoms. The first-order chi connectivity index (χ1) is 10.8. The van der Waals surface area contributed by atoms with Crippen molar-refractivity contribution in [2.45, 2.75) is 24.8 Å². The van der Waals surface area contributed by atoms with Gasteiger partial charge in [-0.3, -0.25) is 4.79 Å². The molecule has 0 heterocycles. The molecule has 7 heteroatoms. The summed E-state index contributed by atoms with van der Waals surface area (Å²) in [7, 11) is -3.60. The van der Waals surface area contributed by atoms with E-state index in [0.717, 1.165) is 0 Å². The highest BCUT2D eigenvalue weighted by Crippen LogP contribution is 2.14. The normalized spacial score (nSPS) is 11.5. The zero-order chi connectivity index (χ0) is 17.0. The first-order valence-corrected chi connectivity index (χ1v) is 8.45. The van der Waals surface area contributed by atoms with Gasteiger partial charge in [0.1, 0.15) is 5.82 Å². The van der Waals surface area contributed by atoms with Gasteiger partial charge < -0.3 is 5.32 Å². The molecule has 2 aromatic carbocycles. The number of sulfonamides is 1. The van der Waals surface area contributed by atoms with Crippen molar-refractivity contribution in [1.29, 1.82) is 0 Å². The van der Waals surface area contributed by atoms with Crippen LogP contribution in [0.2, 0.25) is 0 Å². The van der Waals surface area contributed by atoms with E-state index < -0.39 is 21.7 Å². The molecule has 0 saturated heterocycles. The molecule has 0 radical (unpaired) electrons. The molecule has 2 aromatic rings. The van der Waals surface area contributed by atoms with Gasteiger partial charge in [0, 0.05) is 17.3 Å². The number of halogens is 1. The Kier molecular flexibility index (Phi) is 5.12. The molecule has 0 fully saturated rings. The van der Waals surface area contributed by atoms with Crippen LogP contribution in [0.15, 0.2) is 53.4 Å². The van der Waals surface area contributed by atoms with E-state index in [2.05, 4.69) is 10.0 Å². The van der Waals surface area contributed by atoms with Gasteiger partial charge in [-0.2, -0.15) is 0 Å². The van der Waals surface area contributed by atoms with Crippen LogP contribution in [0.3, 0.4) is 0 Å². The van der Waals surface area contributed by atoms with Crippen LogP contribution in [0.1, 0.15) is 24.2 Å². The first kappa shape index (κ1) is 17.1. The summed E-state index contributed by atoms with van der Waals surface area (Å²) in [6, 6.07) is 10.8. The summed E-state index contributed by atoms with van der Waals surface area (Å²) in [4.78, 5) is 12.1. The van der Waals surface area contributed by atoms with Gasteiger partial charge in [-0.15, -0.1) is 0 Å². The molecule has 0 aromatic heterocycles. The monoisotopic (exact) mass is 336 g/mol. The van der Waals surface area contributed by atoms with Crippen molar-refractivity contribution in [3.05, 3.63) is 59.9 Å². The van der Waals surface area contributed by atoms with Crippen LogP contribution >= 0.6 is 0 Å². The molecule has 0 saturated carbocycles. The minimum atomic E-state index is -3.60. The largest absolute Gasteiger partial charge is 0.322 e. The second-order valence-electron chi connectivity index (χ2n) is 5.26. The smallest absolute Gasteiger partial charge is 0.255 e. The minimum Gasteiger partial charge on any atom is -0.322 e. The summed E-state index contributed by atoms with van der Waals surface area (Å²) in [5, 5.41) is 2.55. The van der Waals surface area contributed by atoms with Gasteiger partial charge in [0.2, 0.25) is 10.0 Å². The number of hydrogen-bond donors (Lipinski definition) is 2. The van der Waals surface area contributed by atoms with Crippen LogP contribution in [-0.4, -0.2) is 20.4 Å². The Morgan fingerprint density at radius 3 is 2.30 bits per heavy atom. The van der Waals surface area contributed by atoms with Crippen LogP contribution in [0, 0.1) is 5.82 Å². The van der Waals surface area contributed by atoms with Crippen LogP contribution in [0.5, 0.6) is 0 Å². The molecule has 2 N–H and O–H groups in total.